The monoisotopic (exact) mass is 488 g/mol. The van der Waals surface area contributed by atoms with Crippen molar-refractivity contribution in [2.24, 2.45) is 0 Å². The topological polar surface area (TPSA) is 15.3 Å². The van der Waals surface area contributed by atoms with Crippen molar-refractivity contribution in [3.8, 4) is 33.4 Å². The molecule has 0 unspecified atom stereocenters. The van der Waals surface area contributed by atoms with Crippen LogP contribution in [0.1, 0.15) is 5.56 Å². The second-order valence-electron chi connectivity index (χ2n) is 9.81. The Morgan fingerprint density at radius 2 is 1.11 bits per heavy atom. The summed E-state index contributed by atoms with van der Waals surface area (Å²) in [7, 11) is 2.00. The number of para-hydroxylation sites is 2. The quantitative estimate of drug-likeness (QED) is 0.251. The predicted molar refractivity (Wildman–Crippen MR) is 161 cm³/mol. The molecule has 0 saturated carbocycles. The molecule has 6 aromatic carbocycles. The molecule has 0 aliphatic heterocycles. The van der Waals surface area contributed by atoms with Gasteiger partial charge in [-0.3, -0.25) is 0 Å². The minimum absolute atomic E-state index is 0.806. The van der Waals surface area contributed by atoms with Crippen LogP contribution in [0.15, 0.2) is 133 Å². The summed E-state index contributed by atoms with van der Waals surface area (Å²) in [4.78, 5) is 2.35. The molecule has 0 bridgehead atoms. The van der Waals surface area contributed by atoms with Gasteiger partial charge in [0.15, 0.2) is 0 Å². The van der Waals surface area contributed by atoms with Crippen LogP contribution >= 0.6 is 0 Å². The molecule has 6 aromatic rings. The number of hydrogen-bond donors (Lipinski definition) is 1. The zero-order chi connectivity index (χ0) is 25.5. The highest BCUT2D eigenvalue weighted by molar-refractivity contribution is 6.18. The first-order chi connectivity index (χ1) is 18.8. The van der Waals surface area contributed by atoms with Gasteiger partial charge in [-0.1, -0.05) is 103 Å². The Morgan fingerprint density at radius 1 is 0.500 bits per heavy atom. The lowest BCUT2D eigenvalue weighted by atomic mass is 9.94. The fourth-order valence-corrected chi connectivity index (χ4v) is 5.92. The standard InChI is InChI=1S/C36H28N2/c1-37-24-26-10-5-8-17-35(26)38(27-11-3-2-4-12-27)28-20-18-25(19-21-28)29-22-23-34-31-14-7-6-13-30(31)33-16-9-15-32(29)36(33)34/h2-23,37H,24H2,1H3. The van der Waals surface area contributed by atoms with Crippen molar-refractivity contribution in [1.29, 1.82) is 0 Å². The summed E-state index contributed by atoms with van der Waals surface area (Å²) in [5.41, 5.74) is 12.6. The third-order valence-electron chi connectivity index (χ3n) is 7.60. The Bertz CT molecular complexity index is 1740. The van der Waals surface area contributed by atoms with Gasteiger partial charge in [0.05, 0.1) is 5.69 Å². The van der Waals surface area contributed by atoms with E-state index >= 15 is 0 Å². The summed E-state index contributed by atoms with van der Waals surface area (Å²) in [5.74, 6) is 0. The lowest BCUT2D eigenvalue weighted by molar-refractivity contribution is 0.817. The number of hydrogen-bond acceptors (Lipinski definition) is 2. The van der Waals surface area contributed by atoms with Gasteiger partial charge in [-0.05, 0) is 87.1 Å². The van der Waals surface area contributed by atoms with E-state index in [9.17, 15) is 0 Å². The minimum Gasteiger partial charge on any atom is -0.316 e. The van der Waals surface area contributed by atoms with Crippen LogP contribution in [0.2, 0.25) is 0 Å². The Hall–Kier alpha value is -4.66. The van der Waals surface area contributed by atoms with Gasteiger partial charge in [0.25, 0.3) is 0 Å². The summed E-state index contributed by atoms with van der Waals surface area (Å²) in [6.07, 6.45) is 0. The van der Waals surface area contributed by atoms with Crippen LogP contribution in [0.5, 0.6) is 0 Å². The fourth-order valence-electron chi connectivity index (χ4n) is 5.92. The molecule has 0 spiro atoms. The molecule has 0 radical (unpaired) electrons. The third-order valence-corrected chi connectivity index (χ3v) is 7.60. The van der Waals surface area contributed by atoms with E-state index < -0.39 is 0 Å². The molecule has 1 N–H and O–H groups in total. The number of benzene rings is 6. The van der Waals surface area contributed by atoms with E-state index in [2.05, 4.69) is 144 Å². The normalized spacial score (nSPS) is 11.5. The summed E-state index contributed by atoms with van der Waals surface area (Å²) >= 11 is 0. The minimum atomic E-state index is 0.806. The molecular weight excluding hydrogens is 460 g/mol. The molecule has 0 fully saturated rings. The van der Waals surface area contributed by atoms with Gasteiger partial charge < -0.3 is 10.2 Å². The second kappa shape index (κ2) is 9.33. The van der Waals surface area contributed by atoms with Crippen LogP contribution in [-0.4, -0.2) is 7.05 Å². The maximum Gasteiger partial charge on any atom is 0.0506 e. The van der Waals surface area contributed by atoms with E-state index in [0.29, 0.717) is 0 Å². The van der Waals surface area contributed by atoms with Crippen LogP contribution in [0, 0.1) is 0 Å². The average Bonchev–Trinajstić information content (AvgIpc) is 3.31. The van der Waals surface area contributed by atoms with E-state index in [1.807, 2.05) is 7.05 Å². The van der Waals surface area contributed by atoms with Crippen molar-refractivity contribution in [1.82, 2.24) is 5.32 Å². The van der Waals surface area contributed by atoms with Crippen molar-refractivity contribution >= 4 is 27.8 Å². The van der Waals surface area contributed by atoms with E-state index in [0.717, 1.165) is 17.9 Å². The Morgan fingerprint density at radius 3 is 1.87 bits per heavy atom. The lowest BCUT2D eigenvalue weighted by Gasteiger charge is -2.28. The molecule has 2 nitrogen and oxygen atoms in total. The Kier molecular flexibility index (Phi) is 5.53. The van der Waals surface area contributed by atoms with Crippen molar-refractivity contribution in [2.75, 3.05) is 11.9 Å². The van der Waals surface area contributed by atoms with E-state index in [1.54, 1.807) is 0 Å². The highest BCUT2D eigenvalue weighted by Crippen LogP contribution is 2.49. The summed E-state index contributed by atoms with van der Waals surface area (Å²) in [6, 6.07) is 48.3. The number of anilines is 3. The van der Waals surface area contributed by atoms with Crippen LogP contribution in [0.3, 0.4) is 0 Å². The number of nitrogens with one attached hydrogen (secondary N) is 1. The fraction of sp³-hybridized carbons (Fsp3) is 0.0556. The Balaban J connectivity index is 1.34. The van der Waals surface area contributed by atoms with Gasteiger partial charge in [-0.15, -0.1) is 0 Å². The number of nitrogens with zero attached hydrogens (tertiary/aromatic N) is 1. The van der Waals surface area contributed by atoms with Crippen LogP contribution in [-0.2, 0) is 6.54 Å². The predicted octanol–water partition coefficient (Wildman–Crippen LogP) is 9.34. The maximum atomic E-state index is 3.32. The smallest absolute Gasteiger partial charge is 0.0506 e. The van der Waals surface area contributed by atoms with Crippen molar-refractivity contribution in [3.05, 3.63) is 139 Å². The first-order valence-electron chi connectivity index (χ1n) is 13.2. The first kappa shape index (κ1) is 22.5. The SMILES string of the molecule is CNCc1ccccc1N(c1ccccc1)c1ccc(-c2ccc3c4c(cccc24)-c2ccccc2-3)cc1. The average molecular weight is 489 g/mol. The first-order valence-corrected chi connectivity index (χ1v) is 13.2. The molecule has 1 aliphatic carbocycles. The highest BCUT2D eigenvalue weighted by Gasteiger charge is 2.22. The van der Waals surface area contributed by atoms with Crippen molar-refractivity contribution in [2.45, 2.75) is 6.54 Å². The van der Waals surface area contributed by atoms with Gasteiger partial charge in [-0.25, -0.2) is 0 Å². The molecule has 7 rings (SSSR count). The molecular formula is C36H28N2. The summed E-state index contributed by atoms with van der Waals surface area (Å²) < 4.78 is 0. The van der Waals surface area contributed by atoms with Crippen LogP contribution in [0.25, 0.3) is 44.2 Å². The highest BCUT2D eigenvalue weighted by atomic mass is 15.1. The molecule has 2 heteroatoms. The molecule has 0 saturated heterocycles. The molecule has 1 aliphatic rings. The van der Waals surface area contributed by atoms with Crippen LogP contribution in [0.4, 0.5) is 17.1 Å². The lowest BCUT2D eigenvalue weighted by Crippen LogP contribution is -2.15. The van der Waals surface area contributed by atoms with Crippen molar-refractivity contribution < 1.29 is 0 Å². The van der Waals surface area contributed by atoms with E-state index in [-0.39, 0.29) is 0 Å². The molecule has 0 aromatic heterocycles. The largest absolute Gasteiger partial charge is 0.316 e. The third kappa shape index (κ3) is 3.61. The molecule has 0 heterocycles. The van der Waals surface area contributed by atoms with Gasteiger partial charge in [0.2, 0.25) is 0 Å². The number of fused-ring (bicyclic) bond motifs is 3. The van der Waals surface area contributed by atoms with Gasteiger partial charge in [-0.2, -0.15) is 0 Å². The van der Waals surface area contributed by atoms with Gasteiger partial charge in [0.1, 0.15) is 0 Å². The van der Waals surface area contributed by atoms with Crippen LogP contribution < -0.4 is 10.2 Å². The summed E-state index contributed by atoms with van der Waals surface area (Å²) in [6.45, 7) is 0.806. The second-order valence-corrected chi connectivity index (χ2v) is 9.81. The Labute approximate surface area is 223 Å². The molecule has 0 atom stereocenters. The zero-order valence-corrected chi connectivity index (χ0v) is 21.4. The number of rotatable bonds is 6. The molecule has 0 amide bonds. The van der Waals surface area contributed by atoms with E-state index in [4.69, 9.17) is 0 Å². The van der Waals surface area contributed by atoms with Gasteiger partial charge >= 0.3 is 0 Å². The van der Waals surface area contributed by atoms with E-state index in [1.165, 1.54) is 55.4 Å². The van der Waals surface area contributed by atoms with Crippen molar-refractivity contribution in [3.63, 3.8) is 0 Å². The summed E-state index contributed by atoms with van der Waals surface area (Å²) in [5, 5.41) is 6.00. The van der Waals surface area contributed by atoms with Gasteiger partial charge in [0, 0.05) is 17.9 Å². The zero-order valence-electron chi connectivity index (χ0n) is 21.4. The molecule has 38 heavy (non-hydrogen) atoms. The maximum absolute atomic E-state index is 3.32. The molecule has 182 valence electrons.